The van der Waals surface area contributed by atoms with Gasteiger partial charge in [-0.2, -0.15) is 0 Å². The van der Waals surface area contributed by atoms with E-state index in [1.165, 1.54) is 30.3 Å². The smallest absolute Gasteiger partial charge is 0.254 e. The molecule has 142 valence electrons. The molecular weight excluding hydrogens is 361 g/mol. The number of hydrogen-bond donors (Lipinski definition) is 2. The lowest BCUT2D eigenvalue weighted by molar-refractivity contribution is 0.0889. The van der Waals surface area contributed by atoms with Gasteiger partial charge in [-0.25, -0.2) is 9.37 Å². The van der Waals surface area contributed by atoms with Gasteiger partial charge in [-0.1, -0.05) is 18.6 Å². The van der Waals surface area contributed by atoms with Gasteiger partial charge in [0.15, 0.2) is 0 Å². The highest BCUT2D eigenvalue weighted by molar-refractivity contribution is 7.98. The highest BCUT2D eigenvalue weighted by Crippen LogP contribution is 2.45. The van der Waals surface area contributed by atoms with Gasteiger partial charge in [0.25, 0.3) is 5.91 Å². The highest BCUT2D eigenvalue weighted by atomic mass is 32.2. The number of aromatic nitrogens is 1. The molecule has 2 N–H and O–H groups in total. The van der Waals surface area contributed by atoms with Gasteiger partial charge in [0.1, 0.15) is 10.8 Å². The summed E-state index contributed by atoms with van der Waals surface area (Å²) in [4.78, 5) is 17.4. The Kier molecular flexibility index (Phi) is 5.19. The number of carbonyl (C=O) groups is 1. The maximum Gasteiger partial charge on any atom is 0.254 e. The number of nitrogens with zero attached hydrogens (tertiary/aromatic N) is 1. The van der Waals surface area contributed by atoms with E-state index in [1.54, 1.807) is 30.5 Å². The lowest BCUT2D eigenvalue weighted by atomic mass is 9.73. The minimum atomic E-state index is -0.265. The van der Waals surface area contributed by atoms with Crippen LogP contribution in [0.15, 0.2) is 47.6 Å². The number of hydrogen-bond acceptors (Lipinski definition) is 4. The second-order valence-corrected chi connectivity index (χ2v) is 8.31. The average molecular weight is 386 g/mol. The molecule has 2 bridgehead atoms. The zero-order chi connectivity index (χ0) is 18.9. The Labute approximate surface area is 163 Å². The molecule has 1 aliphatic carbocycles. The van der Waals surface area contributed by atoms with Crippen LogP contribution in [0.5, 0.6) is 0 Å². The number of nitrogens with one attached hydrogen (secondary N) is 2. The van der Waals surface area contributed by atoms with Gasteiger partial charge in [-0.15, -0.1) is 11.8 Å². The molecule has 3 atom stereocenters. The summed E-state index contributed by atoms with van der Waals surface area (Å²) in [5.74, 6) is 0.255. The lowest BCUT2D eigenvalue weighted by Gasteiger charge is -2.41. The molecule has 4 nitrogen and oxygen atoms in total. The van der Waals surface area contributed by atoms with Crippen LogP contribution in [0.4, 0.5) is 4.39 Å². The fourth-order valence-electron chi connectivity index (χ4n) is 4.60. The molecule has 1 aromatic carbocycles. The summed E-state index contributed by atoms with van der Waals surface area (Å²) in [5.41, 5.74) is 1.35. The van der Waals surface area contributed by atoms with Crippen molar-refractivity contribution in [3.05, 3.63) is 59.5 Å². The van der Waals surface area contributed by atoms with Crippen LogP contribution in [-0.2, 0) is 0 Å². The molecule has 2 aromatic rings. The van der Waals surface area contributed by atoms with Crippen molar-refractivity contribution in [3.63, 3.8) is 0 Å². The molecule has 1 saturated carbocycles. The third-order valence-corrected chi connectivity index (χ3v) is 6.58. The van der Waals surface area contributed by atoms with Gasteiger partial charge in [-0.05, 0) is 67.8 Å². The van der Waals surface area contributed by atoms with Crippen molar-refractivity contribution in [2.45, 2.75) is 42.3 Å². The van der Waals surface area contributed by atoms with Crippen LogP contribution in [0, 0.1) is 11.7 Å². The van der Waals surface area contributed by atoms with E-state index in [0.29, 0.717) is 16.5 Å². The Morgan fingerprint density at radius 1 is 1.37 bits per heavy atom. The minimum Gasteiger partial charge on any atom is -0.343 e. The Balaban J connectivity index is 1.68. The van der Waals surface area contributed by atoms with Gasteiger partial charge in [0, 0.05) is 11.7 Å². The summed E-state index contributed by atoms with van der Waals surface area (Å²) in [5, 5.41) is 7.67. The zero-order valence-electron chi connectivity index (χ0n) is 15.4. The molecule has 27 heavy (non-hydrogen) atoms. The van der Waals surface area contributed by atoms with E-state index in [2.05, 4.69) is 15.6 Å². The average Bonchev–Trinajstić information content (AvgIpc) is 3.01. The number of benzene rings is 1. The first-order valence-electron chi connectivity index (χ1n) is 9.42. The van der Waals surface area contributed by atoms with E-state index >= 15 is 0 Å². The topological polar surface area (TPSA) is 54.0 Å². The fourth-order valence-corrected chi connectivity index (χ4v) is 5.15. The van der Waals surface area contributed by atoms with Gasteiger partial charge in [0.2, 0.25) is 0 Å². The number of rotatable bonds is 5. The summed E-state index contributed by atoms with van der Waals surface area (Å²) in [6.07, 6.45) is 8.04. The van der Waals surface area contributed by atoms with Gasteiger partial charge >= 0.3 is 0 Å². The summed E-state index contributed by atoms with van der Waals surface area (Å²) < 4.78 is 13.5. The molecule has 2 fully saturated rings. The van der Waals surface area contributed by atoms with Crippen molar-refractivity contribution in [2.75, 3.05) is 12.8 Å². The van der Waals surface area contributed by atoms with E-state index in [4.69, 9.17) is 0 Å². The molecule has 3 unspecified atom stereocenters. The van der Waals surface area contributed by atoms with Crippen molar-refractivity contribution >= 4 is 17.7 Å². The summed E-state index contributed by atoms with van der Waals surface area (Å²) in [6.45, 7) is 0.983. The fraction of sp³-hybridized carbons (Fsp3) is 0.429. The van der Waals surface area contributed by atoms with Crippen LogP contribution in [0.3, 0.4) is 0 Å². The third kappa shape index (κ3) is 3.60. The van der Waals surface area contributed by atoms with Crippen LogP contribution < -0.4 is 10.6 Å². The molecule has 4 rings (SSSR count). The predicted octanol–water partition coefficient (Wildman–Crippen LogP) is 3.95. The molecular formula is C21H24FN3OS. The molecule has 1 amide bonds. The van der Waals surface area contributed by atoms with Crippen molar-refractivity contribution in [3.8, 4) is 0 Å². The monoisotopic (exact) mass is 385 g/mol. The third-order valence-electron chi connectivity index (χ3n) is 5.87. The predicted molar refractivity (Wildman–Crippen MR) is 105 cm³/mol. The molecule has 2 aliphatic rings. The highest BCUT2D eigenvalue weighted by Gasteiger charge is 2.48. The van der Waals surface area contributed by atoms with E-state index in [-0.39, 0.29) is 23.3 Å². The van der Waals surface area contributed by atoms with Crippen LogP contribution in [-0.4, -0.2) is 29.2 Å². The van der Waals surface area contributed by atoms with Crippen LogP contribution >= 0.6 is 11.8 Å². The van der Waals surface area contributed by atoms with Crippen molar-refractivity contribution in [1.82, 2.24) is 15.6 Å². The molecule has 1 aromatic heterocycles. The second-order valence-electron chi connectivity index (χ2n) is 7.52. The summed E-state index contributed by atoms with van der Waals surface area (Å²) in [6, 6.07) is 9.90. The first kappa shape index (κ1) is 18.4. The minimum absolute atomic E-state index is 0.132. The molecule has 1 aliphatic heterocycles. The maximum absolute atomic E-state index is 13.5. The number of pyridine rings is 1. The quantitative estimate of drug-likeness (QED) is 0.766. The number of thioether (sulfide) groups is 1. The number of fused-ring (bicyclic) bond motifs is 2. The summed E-state index contributed by atoms with van der Waals surface area (Å²) in [7, 11) is 0. The zero-order valence-corrected chi connectivity index (χ0v) is 16.2. The lowest BCUT2D eigenvalue weighted by Crippen LogP contribution is -2.52. The van der Waals surface area contributed by atoms with Crippen LogP contribution in [0.25, 0.3) is 0 Å². The van der Waals surface area contributed by atoms with Crippen molar-refractivity contribution in [1.29, 1.82) is 0 Å². The number of amides is 1. The van der Waals surface area contributed by atoms with E-state index in [9.17, 15) is 9.18 Å². The first-order valence-corrected chi connectivity index (χ1v) is 10.6. The van der Waals surface area contributed by atoms with Crippen LogP contribution in [0.2, 0.25) is 0 Å². The Bertz CT molecular complexity index is 824. The molecule has 1 saturated heterocycles. The van der Waals surface area contributed by atoms with E-state index in [0.717, 1.165) is 31.4 Å². The van der Waals surface area contributed by atoms with Crippen molar-refractivity contribution < 1.29 is 9.18 Å². The summed E-state index contributed by atoms with van der Waals surface area (Å²) >= 11 is 1.46. The molecule has 0 spiro atoms. The Hall–Kier alpha value is -1.92. The second kappa shape index (κ2) is 7.60. The van der Waals surface area contributed by atoms with Gasteiger partial charge in [-0.3, -0.25) is 4.79 Å². The van der Waals surface area contributed by atoms with Gasteiger partial charge in [0.05, 0.1) is 11.6 Å². The standard InChI is InChI=1S/C21H24FN3OS/c1-27-20-17(5-3-11-23-20)19(26)25-18(15-6-8-16(22)9-7-15)21-10-2-4-14(12-21)13-24-21/h3,5-9,11,14,18,24H,2,4,10,12-13H2,1H3,(H,25,26). The van der Waals surface area contributed by atoms with Crippen molar-refractivity contribution in [2.24, 2.45) is 5.92 Å². The number of halogens is 1. The SMILES string of the molecule is CSc1ncccc1C(=O)NC(c1ccc(F)cc1)C12CCCC(CN1)C2. The van der Waals surface area contributed by atoms with Gasteiger partial charge < -0.3 is 10.6 Å². The van der Waals surface area contributed by atoms with E-state index in [1.807, 2.05) is 6.26 Å². The maximum atomic E-state index is 13.5. The normalized spacial score (nSPS) is 25.2. The Morgan fingerprint density at radius 3 is 2.96 bits per heavy atom. The number of carbonyl (C=O) groups excluding carboxylic acids is 1. The largest absolute Gasteiger partial charge is 0.343 e. The van der Waals surface area contributed by atoms with Crippen LogP contribution in [0.1, 0.15) is 47.6 Å². The molecule has 2 heterocycles. The molecule has 6 heteroatoms. The van der Waals surface area contributed by atoms with E-state index < -0.39 is 0 Å². The Morgan fingerprint density at radius 2 is 2.19 bits per heavy atom. The molecule has 0 radical (unpaired) electrons. The first-order chi connectivity index (χ1) is 13.1.